The number of hydrogen-bond donors (Lipinski definition) is 0. The molecule has 0 N–H and O–H groups in total. The summed E-state index contributed by atoms with van der Waals surface area (Å²) in [6, 6.07) is 29.0. The van der Waals surface area contributed by atoms with Crippen molar-refractivity contribution in [3.63, 3.8) is 0 Å². The van der Waals surface area contributed by atoms with E-state index in [0.29, 0.717) is 17.2 Å². The van der Waals surface area contributed by atoms with E-state index < -0.39 is 0 Å². The van der Waals surface area contributed by atoms with Crippen molar-refractivity contribution in [1.29, 1.82) is 0 Å². The number of rotatable bonds is 2. The topological polar surface area (TPSA) is 12.5 Å². The van der Waals surface area contributed by atoms with Crippen molar-refractivity contribution in [2.24, 2.45) is 5.92 Å². The van der Waals surface area contributed by atoms with Gasteiger partial charge in [-0.1, -0.05) is 78.9 Å². The molecule has 5 unspecified atom stereocenters. The van der Waals surface area contributed by atoms with Crippen LogP contribution in [0.3, 0.4) is 0 Å². The molecule has 0 fully saturated rings. The zero-order valence-corrected chi connectivity index (χ0v) is 20.1. The number of nitrogens with zero attached hydrogens (tertiary/aromatic N) is 1. The third kappa shape index (κ3) is 2.85. The van der Waals surface area contributed by atoms with Gasteiger partial charge in [0.1, 0.15) is 11.9 Å². The highest BCUT2D eigenvalue weighted by atomic mass is 32.2. The van der Waals surface area contributed by atoms with Crippen molar-refractivity contribution < 1.29 is 4.74 Å². The first-order valence-corrected chi connectivity index (χ1v) is 13.4. The van der Waals surface area contributed by atoms with E-state index in [4.69, 9.17) is 4.74 Å². The molecular weight excluding hydrogens is 446 g/mol. The van der Waals surface area contributed by atoms with E-state index >= 15 is 0 Å². The molecule has 5 aliphatic rings. The molecule has 0 amide bonds. The highest BCUT2D eigenvalue weighted by Gasteiger charge is 2.47. The molecule has 0 radical (unpaired) electrons. The first-order chi connectivity index (χ1) is 17.4. The minimum Gasteiger partial charge on any atom is -0.489 e. The number of allylic oxidation sites excluding steroid dienone is 4. The van der Waals surface area contributed by atoms with Crippen molar-refractivity contribution in [2.75, 3.05) is 4.90 Å². The standard InChI is InChI=1S/C32H25NOS/c1-2-9-20(10-3-1)22-13-8-14-23-26-19-21(17-18-28(26)34-31(22)23)33-27-15-6-4-11-24(27)32-30(33)25-12-5-7-16-29(25)35-32/h1-12,14-19,22,26,28,30,32H,13H2. The third-order valence-electron chi connectivity index (χ3n) is 8.09. The highest BCUT2D eigenvalue weighted by molar-refractivity contribution is 8.00. The van der Waals surface area contributed by atoms with Crippen LogP contribution in [-0.4, -0.2) is 6.10 Å². The van der Waals surface area contributed by atoms with Crippen molar-refractivity contribution in [3.05, 3.63) is 143 Å². The molecule has 0 spiro atoms. The van der Waals surface area contributed by atoms with E-state index in [1.807, 2.05) is 11.8 Å². The number of fused-ring (bicyclic) bond motifs is 7. The van der Waals surface area contributed by atoms with Crippen LogP contribution in [0.15, 0.2) is 131 Å². The summed E-state index contributed by atoms with van der Waals surface area (Å²) in [5.41, 5.74) is 8.21. The van der Waals surface area contributed by atoms with Gasteiger partial charge < -0.3 is 9.64 Å². The zero-order chi connectivity index (χ0) is 22.9. The van der Waals surface area contributed by atoms with E-state index in [1.54, 1.807) is 0 Å². The summed E-state index contributed by atoms with van der Waals surface area (Å²) >= 11 is 2.01. The molecule has 3 aromatic rings. The van der Waals surface area contributed by atoms with Crippen molar-refractivity contribution >= 4 is 17.4 Å². The van der Waals surface area contributed by atoms with Gasteiger partial charge in [0.2, 0.25) is 0 Å². The van der Waals surface area contributed by atoms with Crippen LogP contribution in [0.4, 0.5) is 5.69 Å². The molecule has 0 bridgehead atoms. The SMILES string of the molecule is C1=CC2=C(OC3C=CC(N4c5ccccc5C5Sc6ccccc6C54)=CC23)C(c2ccccc2)C1. The van der Waals surface area contributed by atoms with Crippen LogP contribution in [0.25, 0.3) is 0 Å². The Balaban J connectivity index is 1.22. The predicted octanol–water partition coefficient (Wildman–Crippen LogP) is 7.86. The molecule has 3 heteroatoms. The number of ether oxygens (including phenoxy) is 1. The number of hydrogen-bond acceptors (Lipinski definition) is 3. The normalized spacial score (nSPS) is 29.2. The molecule has 8 rings (SSSR count). The fourth-order valence-electron chi connectivity index (χ4n) is 6.56. The maximum Gasteiger partial charge on any atom is 0.127 e. The zero-order valence-electron chi connectivity index (χ0n) is 19.2. The molecule has 170 valence electrons. The molecule has 3 aromatic carbocycles. The lowest BCUT2D eigenvalue weighted by molar-refractivity contribution is 0.150. The quantitative estimate of drug-likeness (QED) is 0.377. The van der Waals surface area contributed by atoms with Crippen LogP contribution < -0.4 is 4.90 Å². The smallest absolute Gasteiger partial charge is 0.127 e. The summed E-state index contributed by atoms with van der Waals surface area (Å²) in [7, 11) is 0. The average molecular weight is 472 g/mol. The first-order valence-electron chi connectivity index (χ1n) is 12.5. The Morgan fingerprint density at radius 2 is 1.63 bits per heavy atom. The lowest BCUT2D eigenvalue weighted by Gasteiger charge is -2.32. The molecule has 3 heterocycles. The number of benzene rings is 3. The van der Waals surface area contributed by atoms with Crippen molar-refractivity contribution in [1.82, 2.24) is 0 Å². The molecule has 3 aliphatic heterocycles. The van der Waals surface area contributed by atoms with E-state index in [1.165, 1.54) is 38.5 Å². The third-order valence-corrected chi connectivity index (χ3v) is 9.48. The number of para-hydroxylation sites is 1. The number of anilines is 1. The van der Waals surface area contributed by atoms with Crippen molar-refractivity contribution in [2.45, 2.75) is 34.6 Å². The highest BCUT2D eigenvalue weighted by Crippen LogP contribution is 2.63. The van der Waals surface area contributed by atoms with E-state index in [0.717, 1.165) is 12.2 Å². The van der Waals surface area contributed by atoms with Gasteiger partial charge in [-0.2, -0.15) is 0 Å². The van der Waals surface area contributed by atoms with Gasteiger partial charge in [0.25, 0.3) is 0 Å². The lowest BCUT2D eigenvalue weighted by atomic mass is 9.82. The van der Waals surface area contributed by atoms with Crippen LogP contribution in [0.1, 0.15) is 40.3 Å². The second-order valence-corrected chi connectivity index (χ2v) is 11.1. The largest absolute Gasteiger partial charge is 0.489 e. The summed E-state index contributed by atoms with van der Waals surface area (Å²) in [6.07, 6.45) is 12.8. The van der Waals surface area contributed by atoms with Gasteiger partial charge in [0.15, 0.2) is 0 Å². The molecule has 5 atom stereocenters. The van der Waals surface area contributed by atoms with Crippen LogP contribution >= 0.6 is 11.8 Å². The second-order valence-electron chi connectivity index (χ2n) is 9.93. The Morgan fingerprint density at radius 1 is 0.829 bits per heavy atom. The summed E-state index contributed by atoms with van der Waals surface area (Å²) < 4.78 is 6.63. The minimum absolute atomic E-state index is 0.0802. The molecule has 35 heavy (non-hydrogen) atoms. The second kappa shape index (κ2) is 7.53. The molecule has 0 aromatic heterocycles. The van der Waals surface area contributed by atoms with Gasteiger partial charge >= 0.3 is 0 Å². The summed E-state index contributed by atoms with van der Waals surface area (Å²) in [6.45, 7) is 0. The molecule has 0 saturated carbocycles. The lowest BCUT2D eigenvalue weighted by Crippen LogP contribution is -2.27. The van der Waals surface area contributed by atoms with Crippen LogP contribution in [0, 0.1) is 5.92 Å². The van der Waals surface area contributed by atoms with Gasteiger partial charge in [0.05, 0.1) is 11.3 Å². The van der Waals surface area contributed by atoms with E-state index in [2.05, 4.69) is 114 Å². The number of thioether (sulfide) groups is 1. The van der Waals surface area contributed by atoms with Gasteiger partial charge in [-0.15, -0.1) is 11.8 Å². The molecule has 2 nitrogen and oxygen atoms in total. The monoisotopic (exact) mass is 471 g/mol. The fourth-order valence-corrected chi connectivity index (χ4v) is 8.03. The average Bonchev–Trinajstić information content (AvgIpc) is 3.57. The Hall–Kier alpha value is -3.43. The fraction of sp³-hybridized carbons (Fsp3) is 0.188. The van der Waals surface area contributed by atoms with E-state index in [-0.39, 0.29) is 12.0 Å². The molecule has 0 saturated heterocycles. The van der Waals surface area contributed by atoms with Crippen LogP contribution in [0.2, 0.25) is 0 Å². The van der Waals surface area contributed by atoms with Gasteiger partial charge in [-0.05, 0) is 53.5 Å². The summed E-state index contributed by atoms with van der Waals surface area (Å²) in [4.78, 5) is 4.00. The summed E-state index contributed by atoms with van der Waals surface area (Å²) in [5.74, 6) is 1.72. The Bertz CT molecular complexity index is 1470. The minimum atomic E-state index is 0.0802. The van der Waals surface area contributed by atoms with Crippen LogP contribution in [-0.2, 0) is 4.74 Å². The van der Waals surface area contributed by atoms with Gasteiger partial charge in [-0.25, -0.2) is 0 Å². The molecule has 2 aliphatic carbocycles. The summed E-state index contributed by atoms with van der Waals surface area (Å²) in [5, 5.41) is 0.433. The van der Waals surface area contributed by atoms with Crippen LogP contribution in [0.5, 0.6) is 0 Å². The van der Waals surface area contributed by atoms with Gasteiger partial charge in [-0.3, -0.25) is 0 Å². The Morgan fingerprint density at radius 3 is 2.54 bits per heavy atom. The van der Waals surface area contributed by atoms with Gasteiger partial charge in [0, 0.05) is 33.7 Å². The van der Waals surface area contributed by atoms with Crippen molar-refractivity contribution in [3.8, 4) is 0 Å². The maximum absolute atomic E-state index is 6.63. The molecular formula is C32H25NOS. The maximum atomic E-state index is 6.63. The first kappa shape index (κ1) is 19.8. The van der Waals surface area contributed by atoms with E-state index in [9.17, 15) is 0 Å². The Kier molecular flexibility index (Phi) is 4.27. The Labute approximate surface area is 210 Å². The predicted molar refractivity (Wildman–Crippen MR) is 142 cm³/mol.